The number of nitrogens with one attached hydrogen (secondary N) is 1. The van der Waals surface area contributed by atoms with Crippen molar-refractivity contribution >= 4 is 5.97 Å². The smallest absolute Gasteiger partial charge is 0.305 e. The highest BCUT2D eigenvalue weighted by molar-refractivity contribution is 5.66. The fraction of sp³-hybridized carbons (Fsp3) is 0.963. The Morgan fingerprint density at radius 2 is 0.614 bits per heavy atom. The summed E-state index contributed by atoms with van der Waals surface area (Å²) in [5.74, 6) is -0.876. The van der Waals surface area contributed by atoms with Crippen molar-refractivity contribution in [3.05, 3.63) is 0 Å². The van der Waals surface area contributed by atoms with Gasteiger partial charge in [-0.05, 0) is 0 Å². The Morgan fingerprint density at radius 1 is 0.409 bits per heavy atom. The predicted molar refractivity (Wildman–Crippen MR) is 154 cm³/mol. The Balaban J connectivity index is 3.05. The molecule has 0 aliphatic rings. The van der Waals surface area contributed by atoms with Crippen molar-refractivity contribution in [3.8, 4) is 0 Å². The third kappa shape index (κ3) is 40.3. The van der Waals surface area contributed by atoms with Crippen LogP contribution in [-0.4, -0.2) is 176 Å². The first-order valence-electron chi connectivity index (χ1n) is 14.9. The molecule has 44 heavy (non-hydrogen) atoms. The number of ether oxygens (including phenoxy) is 12. The van der Waals surface area contributed by atoms with Gasteiger partial charge >= 0.3 is 5.97 Å². The van der Waals surface area contributed by atoms with Crippen LogP contribution in [0.5, 0.6) is 0 Å². The predicted octanol–water partition coefficient (Wildman–Crippen LogP) is 0.211. The monoisotopic (exact) mass is 644 g/mol. The first kappa shape index (κ1) is 42.3. The molecule has 17 nitrogen and oxygen atoms in total. The molecule has 0 aliphatic heterocycles. The summed E-state index contributed by atoms with van der Waals surface area (Å²) in [7, 11) is 0. The number of carbonyl (C=O) groups is 1. The largest absolute Gasteiger partial charge is 0.481 e. The van der Waals surface area contributed by atoms with Gasteiger partial charge in [0.05, 0.1) is 165 Å². The molecule has 0 aliphatic carbocycles. The van der Waals surface area contributed by atoms with E-state index in [1.165, 1.54) is 0 Å². The first-order valence-corrected chi connectivity index (χ1v) is 14.9. The van der Waals surface area contributed by atoms with Crippen LogP contribution in [0.25, 0.3) is 0 Å². The molecule has 0 rings (SSSR count). The molecular formula is C27H54N3O14+. The summed E-state index contributed by atoms with van der Waals surface area (Å²) in [5, 5.41) is 12.0. The second-order valence-electron chi connectivity index (χ2n) is 8.46. The van der Waals surface area contributed by atoms with E-state index in [-0.39, 0.29) is 13.0 Å². The molecule has 0 fully saturated rings. The number of hydrogen-bond donors (Lipinski definition) is 2. The van der Waals surface area contributed by atoms with Gasteiger partial charge in [-0.2, -0.15) is 0 Å². The first-order chi connectivity index (χ1) is 21.8. The number of nitrogens with zero attached hydrogens (tertiary/aromatic N) is 2. The maximum atomic E-state index is 10.3. The molecular weight excluding hydrogens is 590 g/mol. The van der Waals surface area contributed by atoms with Gasteiger partial charge in [-0.3, -0.25) is 4.79 Å². The molecule has 0 saturated heterocycles. The molecule has 0 aromatic rings. The van der Waals surface area contributed by atoms with Crippen LogP contribution in [0, 0.1) is 5.53 Å². The van der Waals surface area contributed by atoms with Crippen molar-refractivity contribution in [3.63, 3.8) is 0 Å². The summed E-state index contributed by atoms with van der Waals surface area (Å²) >= 11 is 0. The van der Waals surface area contributed by atoms with Gasteiger partial charge in [-0.15, -0.1) is 0 Å². The lowest BCUT2D eigenvalue weighted by Crippen LogP contribution is -2.15. The number of carboxylic acid groups (broad SMARTS) is 1. The van der Waals surface area contributed by atoms with E-state index in [0.29, 0.717) is 159 Å². The highest BCUT2D eigenvalue weighted by Crippen LogP contribution is 1.88. The van der Waals surface area contributed by atoms with Crippen LogP contribution in [-0.2, 0) is 61.6 Å². The average molecular weight is 645 g/mol. The van der Waals surface area contributed by atoms with E-state index in [4.69, 9.17) is 67.5 Å². The summed E-state index contributed by atoms with van der Waals surface area (Å²) in [5.41, 5.74) is 6.50. The quantitative estimate of drug-likeness (QED) is 0.0523. The van der Waals surface area contributed by atoms with Gasteiger partial charge in [0, 0.05) is 0 Å². The van der Waals surface area contributed by atoms with Gasteiger partial charge < -0.3 is 61.9 Å². The van der Waals surface area contributed by atoms with E-state index >= 15 is 0 Å². The maximum absolute atomic E-state index is 10.3. The Bertz CT molecular complexity index is 595. The van der Waals surface area contributed by atoms with Crippen molar-refractivity contribution in [2.24, 2.45) is 5.11 Å². The fourth-order valence-electron chi connectivity index (χ4n) is 2.84. The van der Waals surface area contributed by atoms with Gasteiger partial charge in [-0.25, -0.2) is 0 Å². The summed E-state index contributed by atoms with van der Waals surface area (Å²) in [6, 6.07) is 0. The summed E-state index contributed by atoms with van der Waals surface area (Å²) in [6.45, 7) is 11.4. The Labute approximate surface area is 260 Å². The second-order valence-corrected chi connectivity index (χ2v) is 8.46. The number of aliphatic carboxylic acids is 1. The molecule has 0 aromatic heterocycles. The minimum absolute atomic E-state index is 0.00456. The molecule has 0 bridgehead atoms. The maximum Gasteiger partial charge on any atom is 0.305 e. The zero-order valence-corrected chi connectivity index (χ0v) is 26.0. The SMILES string of the molecule is N=[N+]=NCCOCCOCCOCCOCCOCCOCCOCCOCCOCCOCCOCCOCCC(=O)O. The number of carboxylic acids is 1. The van der Waals surface area contributed by atoms with Crippen LogP contribution in [0.15, 0.2) is 5.11 Å². The molecule has 0 saturated carbocycles. The molecule has 0 radical (unpaired) electrons. The van der Waals surface area contributed by atoms with E-state index < -0.39 is 5.97 Å². The molecule has 0 aromatic carbocycles. The lowest BCUT2D eigenvalue weighted by Gasteiger charge is -2.09. The van der Waals surface area contributed by atoms with Gasteiger partial charge in [-0.1, -0.05) is 0 Å². The zero-order chi connectivity index (χ0) is 31.9. The summed E-state index contributed by atoms with van der Waals surface area (Å²) in [6.07, 6.45) is -0.00456. The minimum atomic E-state index is -0.876. The van der Waals surface area contributed by atoms with Gasteiger partial charge in [0.1, 0.15) is 17.2 Å². The fourth-order valence-corrected chi connectivity index (χ4v) is 2.84. The van der Waals surface area contributed by atoms with E-state index in [2.05, 4.69) is 10.0 Å². The van der Waals surface area contributed by atoms with Crippen LogP contribution < -0.4 is 4.91 Å². The number of rotatable bonds is 39. The third-order valence-electron chi connectivity index (χ3n) is 4.96. The van der Waals surface area contributed by atoms with Crippen molar-refractivity contribution in [1.29, 1.82) is 5.53 Å². The van der Waals surface area contributed by atoms with Crippen molar-refractivity contribution in [2.75, 3.05) is 165 Å². The normalized spacial score (nSPS) is 11.2. The van der Waals surface area contributed by atoms with Gasteiger partial charge in [0.15, 0.2) is 0 Å². The van der Waals surface area contributed by atoms with Crippen LogP contribution >= 0.6 is 0 Å². The molecule has 0 spiro atoms. The zero-order valence-electron chi connectivity index (χ0n) is 26.0. The highest BCUT2D eigenvalue weighted by atomic mass is 16.6. The Morgan fingerprint density at radius 3 is 0.818 bits per heavy atom. The number of hydrogen-bond acceptors (Lipinski definition) is 15. The third-order valence-corrected chi connectivity index (χ3v) is 4.96. The highest BCUT2D eigenvalue weighted by Gasteiger charge is 1.98. The van der Waals surface area contributed by atoms with Crippen LogP contribution in [0.1, 0.15) is 6.42 Å². The lowest BCUT2D eigenvalue weighted by molar-refractivity contribution is -0.138. The summed E-state index contributed by atoms with van der Waals surface area (Å²) < 4.78 is 64.5. The van der Waals surface area contributed by atoms with Crippen LogP contribution in [0.4, 0.5) is 0 Å². The molecule has 0 atom stereocenters. The molecule has 2 N–H and O–H groups in total. The molecule has 0 amide bonds. The van der Waals surface area contributed by atoms with E-state index in [9.17, 15) is 4.79 Å². The topological polar surface area (TPSA) is 198 Å². The van der Waals surface area contributed by atoms with Crippen molar-refractivity contribution < 1.29 is 66.7 Å². The second kappa shape index (κ2) is 39.3. The Kier molecular flexibility index (Phi) is 37.8. The van der Waals surface area contributed by atoms with Crippen LogP contribution in [0.2, 0.25) is 0 Å². The van der Waals surface area contributed by atoms with Gasteiger partial charge in [0.2, 0.25) is 4.91 Å². The molecule has 17 heteroatoms. The molecule has 0 unspecified atom stereocenters. The van der Waals surface area contributed by atoms with Gasteiger partial charge in [0.25, 0.3) is 0 Å². The standard InChI is InChI=1S/C27H53N3O14/c28-30-29-2-4-34-6-8-36-10-12-38-14-16-40-18-20-42-22-24-44-26-25-43-23-21-41-19-17-39-15-13-37-11-9-35-7-5-33-3-1-27(31)32/h28H,1-26H2/p+1. The molecule has 260 valence electrons. The average Bonchev–Trinajstić information content (AvgIpc) is 3.02. The Hall–Kier alpha value is -1.70. The minimum Gasteiger partial charge on any atom is -0.481 e. The molecule has 0 heterocycles. The van der Waals surface area contributed by atoms with Crippen molar-refractivity contribution in [1.82, 2.24) is 4.91 Å². The lowest BCUT2D eigenvalue weighted by atomic mass is 10.5. The van der Waals surface area contributed by atoms with Crippen molar-refractivity contribution in [2.45, 2.75) is 6.42 Å². The summed E-state index contributed by atoms with van der Waals surface area (Å²) in [4.78, 5) is 13.2. The van der Waals surface area contributed by atoms with E-state index in [1.807, 2.05) is 0 Å². The van der Waals surface area contributed by atoms with E-state index in [0.717, 1.165) is 0 Å². The van der Waals surface area contributed by atoms with Crippen LogP contribution in [0.3, 0.4) is 0 Å². The van der Waals surface area contributed by atoms with E-state index in [1.54, 1.807) is 0 Å².